The summed E-state index contributed by atoms with van der Waals surface area (Å²) in [5.74, 6) is 1.77. The molecule has 3 rings (SSSR count). The van der Waals surface area contributed by atoms with E-state index in [4.69, 9.17) is 9.47 Å². The minimum absolute atomic E-state index is 0.158. The lowest BCUT2D eigenvalue weighted by Gasteiger charge is -2.14. The topological polar surface area (TPSA) is 44.2 Å². The molecule has 1 aromatic heterocycles. The number of unbranched alkanes of at least 4 members (excludes halogenated alkanes) is 4. The number of hydrogen-bond donors (Lipinski definition) is 0. The van der Waals surface area contributed by atoms with E-state index in [1.165, 1.54) is 37.7 Å². The Morgan fingerprint density at radius 1 is 0.750 bits per heavy atom. The SMILES string of the molecule is CCCCCCCc1cnc(-c2ccc(-c3ccc(OC[C@H](C)COCC(F)CC)cc3)cc2)nc1. The zero-order valence-corrected chi connectivity index (χ0v) is 22.1. The van der Waals surface area contributed by atoms with Crippen molar-refractivity contribution in [2.75, 3.05) is 19.8 Å². The molecule has 36 heavy (non-hydrogen) atoms. The van der Waals surface area contributed by atoms with Crippen LogP contribution in [-0.2, 0) is 11.2 Å². The average molecular weight is 493 g/mol. The Morgan fingerprint density at radius 3 is 2.00 bits per heavy atom. The third kappa shape index (κ3) is 9.34. The van der Waals surface area contributed by atoms with Gasteiger partial charge in [0.1, 0.15) is 11.9 Å². The molecule has 2 atom stereocenters. The molecule has 1 unspecified atom stereocenters. The smallest absolute Gasteiger partial charge is 0.159 e. The third-order valence-electron chi connectivity index (χ3n) is 6.28. The van der Waals surface area contributed by atoms with Crippen molar-refractivity contribution in [1.29, 1.82) is 0 Å². The molecule has 5 heteroatoms. The molecule has 0 fully saturated rings. The van der Waals surface area contributed by atoms with Crippen molar-refractivity contribution in [1.82, 2.24) is 9.97 Å². The molecule has 0 saturated heterocycles. The van der Waals surface area contributed by atoms with Crippen molar-refractivity contribution in [3.8, 4) is 28.3 Å². The standard InChI is InChI=1S/C31H41FN2O2/c1-4-6-7-8-9-10-25-19-33-31(34-20-25)28-13-11-26(12-14-28)27-15-17-30(18-16-27)36-22-24(3)21-35-23-29(32)5-2/h11-20,24,29H,4-10,21-23H2,1-3H3/t24-,29?/m1/s1. The van der Waals surface area contributed by atoms with Crippen LogP contribution in [0.5, 0.6) is 5.75 Å². The number of nitrogens with zero attached hydrogens (tertiary/aromatic N) is 2. The molecule has 0 aliphatic rings. The zero-order chi connectivity index (χ0) is 25.6. The highest BCUT2D eigenvalue weighted by atomic mass is 19.1. The van der Waals surface area contributed by atoms with Crippen LogP contribution in [0.4, 0.5) is 4.39 Å². The number of ether oxygens (including phenoxy) is 2. The van der Waals surface area contributed by atoms with Crippen LogP contribution in [0.2, 0.25) is 0 Å². The molecule has 194 valence electrons. The summed E-state index contributed by atoms with van der Waals surface area (Å²) in [7, 11) is 0. The summed E-state index contributed by atoms with van der Waals surface area (Å²) in [4.78, 5) is 9.18. The third-order valence-corrected chi connectivity index (χ3v) is 6.28. The van der Waals surface area contributed by atoms with Gasteiger partial charge in [0.2, 0.25) is 0 Å². The first kappa shape index (κ1) is 27.8. The molecular weight excluding hydrogens is 451 g/mol. The van der Waals surface area contributed by atoms with Gasteiger partial charge >= 0.3 is 0 Å². The Morgan fingerprint density at radius 2 is 1.36 bits per heavy atom. The highest BCUT2D eigenvalue weighted by Gasteiger charge is 2.08. The number of alkyl halides is 1. The van der Waals surface area contributed by atoms with Crippen LogP contribution in [0.1, 0.15) is 64.9 Å². The molecule has 4 nitrogen and oxygen atoms in total. The van der Waals surface area contributed by atoms with E-state index >= 15 is 0 Å². The van der Waals surface area contributed by atoms with Gasteiger partial charge in [-0.05, 0) is 48.1 Å². The van der Waals surface area contributed by atoms with Gasteiger partial charge in [-0.15, -0.1) is 0 Å². The van der Waals surface area contributed by atoms with Crippen LogP contribution in [0.15, 0.2) is 60.9 Å². The first-order chi connectivity index (χ1) is 17.6. The lowest BCUT2D eigenvalue weighted by Crippen LogP contribution is -2.18. The molecule has 0 N–H and O–H groups in total. The zero-order valence-electron chi connectivity index (χ0n) is 22.1. The van der Waals surface area contributed by atoms with Crippen molar-refractivity contribution in [3.05, 3.63) is 66.5 Å². The summed E-state index contributed by atoms with van der Waals surface area (Å²) >= 11 is 0. The fourth-order valence-corrected chi connectivity index (χ4v) is 3.92. The van der Waals surface area contributed by atoms with Crippen LogP contribution < -0.4 is 4.74 Å². The van der Waals surface area contributed by atoms with Crippen molar-refractivity contribution in [3.63, 3.8) is 0 Å². The molecule has 2 aromatic carbocycles. The molecule has 0 amide bonds. The summed E-state index contributed by atoms with van der Waals surface area (Å²) in [5.41, 5.74) is 4.48. The fourth-order valence-electron chi connectivity index (χ4n) is 3.92. The van der Waals surface area contributed by atoms with E-state index in [1.54, 1.807) is 0 Å². The fraction of sp³-hybridized carbons (Fsp3) is 0.484. The molecule has 0 aliphatic heterocycles. The molecule has 0 radical (unpaired) electrons. The summed E-state index contributed by atoms with van der Waals surface area (Å²) in [5, 5.41) is 0. The van der Waals surface area contributed by atoms with Gasteiger partial charge in [0.05, 0.1) is 19.8 Å². The van der Waals surface area contributed by atoms with Crippen molar-refractivity contribution in [2.24, 2.45) is 5.92 Å². The van der Waals surface area contributed by atoms with Crippen LogP contribution >= 0.6 is 0 Å². The largest absolute Gasteiger partial charge is 0.493 e. The number of aromatic nitrogens is 2. The van der Waals surface area contributed by atoms with E-state index in [0.29, 0.717) is 19.6 Å². The summed E-state index contributed by atoms with van der Waals surface area (Å²) in [6.07, 6.45) is 11.0. The van der Waals surface area contributed by atoms with Gasteiger partial charge in [0.15, 0.2) is 5.82 Å². The number of aryl methyl sites for hydroxylation is 1. The highest BCUT2D eigenvalue weighted by Crippen LogP contribution is 2.25. The summed E-state index contributed by atoms with van der Waals surface area (Å²) in [6, 6.07) is 16.4. The van der Waals surface area contributed by atoms with E-state index in [1.807, 2.05) is 38.4 Å². The van der Waals surface area contributed by atoms with Crippen LogP contribution in [0.3, 0.4) is 0 Å². The number of rotatable bonds is 16. The monoisotopic (exact) mass is 492 g/mol. The van der Waals surface area contributed by atoms with E-state index < -0.39 is 6.17 Å². The van der Waals surface area contributed by atoms with Gasteiger partial charge in [-0.3, -0.25) is 0 Å². The second-order valence-corrected chi connectivity index (χ2v) is 9.64. The Labute approximate surface area is 216 Å². The molecular formula is C31H41FN2O2. The lowest BCUT2D eigenvalue weighted by atomic mass is 10.0. The molecule has 0 spiro atoms. The van der Waals surface area contributed by atoms with Gasteiger partial charge < -0.3 is 9.47 Å². The normalized spacial score (nSPS) is 12.9. The minimum atomic E-state index is -0.886. The molecule has 3 aromatic rings. The Kier molecular flexibility index (Phi) is 11.9. The van der Waals surface area contributed by atoms with Crippen LogP contribution in [-0.4, -0.2) is 36.0 Å². The van der Waals surface area contributed by atoms with E-state index in [-0.39, 0.29) is 12.5 Å². The second kappa shape index (κ2) is 15.4. The van der Waals surface area contributed by atoms with E-state index in [9.17, 15) is 4.39 Å². The summed E-state index contributed by atoms with van der Waals surface area (Å²) < 4.78 is 24.5. The van der Waals surface area contributed by atoms with Crippen molar-refractivity contribution >= 4 is 0 Å². The average Bonchev–Trinajstić information content (AvgIpc) is 2.92. The van der Waals surface area contributed by atoms with Gasteiger partial charge in [-0.25, -0.2) is 14.4 Å². The Balaban J connectivity index is 1.47. The first-order valence-corrected chi connectivity index (χ1v) is 13.5. The van der Waals surface area contributed by atoms with Gasteiger partial charge in [0, 0.05) is 23.9 Å². The quantitative estimate of drug-likeness (QED) is 0.189. The predicted molar refractivity (Wildman–Crippen MR) is 146 cm³/mol. The number of halogens is 1. The summed E-state index contributed by atoms with van der Waals surface area (Å²) in [6.45, 7) is 7.30. The maximum absolute atomic E-state index is 13.2. The van der Waals surface area contributed by atoms with Crippen LogP contribution in [0, 0.1) is 5.92 Å². The molecule has 0 bridgehead atoms. The minimum Gasteiger partial charge on any atom is -0.493 e. The number of benzene rings is 2. The lowest BCUT2D eigenvalue weighted by molar-refractivity contribution is 0.0479. The van der Waals surface area contributed by atoms with Crippen molar-refractivity contribution in [2.45, 2.75) is 71.9 Å². The second-order valence-electron chi connectivity index (χ2n) is 9.64. The van der Waals surface area contributed by atoms with Gasteiger partial charge in [-0.2, -0.15) is 0 Å². The molecule has 1 heterocycles. The first-order valence-electron chi connectivity index (χ1n) is 13.5. The van der Waals surface area contributed by atoms with Gasteiger partial charge in [-0.1, -0.05) is 82.9 Å². The van der Waals surface area contributed by atoms with Gasteiger partial charge in [0.25, 0.3) is 0 Å². The highest BCUT2D eigenvalue weighted by molar-refractivity contribution is 5.68. The Bertz CT molecular complexity index is 991. The maximum Gasteiger partial charge on any atom is 0.159 e. The predicted octanol–water partition coefficient (Wildman–Crippen LogP) is 8.10. The van der Waals surface area contributed by atoms with Crippen molar-refractivity contribution < 1.29 is 13.9 Å². The molecule has 0 aliphatic carbocycles. The van der Waals surface area contributed by atoms with E-state index in [2.05, 4.69) is 53.3 Å². The molecule has 0 saturated carbocycles. The Hall–Kier alpha value is -2.79. The maximum atomic E-state index is 13.2. The van der Waals surface area contributed by atoms with Crippen LogP contribution in [0.25, 0.3) is 22.5 Å². The number of hydrogen-bond acceptors (Lipinski definition) is 4. The van der Waals surface area contributed by atoms with E-state index in [0.717, 1.165) is 34.7 Å².